The fourth-order valence-corrected chi connectivity index (χ4v) is 4.23. The minimum atomic E-state index is -0.593. The molecule has 2 amide bonds. The first kappa shape index (κ1) is 21.0. The summed E-state index contributed by atoms with van der Waals surface area (Å²) in [6.45, 7) is 3.73. The zero-order valence-electron chi connectivity index (χ0n) is 17.1. The molecule has 1 aliphatic rings. The monoisotopic (exact) mass is 439 g/mol. The molecule has 0 saturated carbocycles. The van der Waals surface area contributed by atoms with Crippen molar-refractivity contribution in [1.82, 2.24) is 9.88 Å². The number of fused-ring (bicyclic) bond motifs is 1. The van der Waals surface area contributed by atoms with Crippen LogP contribution in [0.1, 0.15) is 34.1 Å². The van der Waals surface area contributed by atoms with Crippen molar-refractivity contribution in [3.8, 4) is 5.75 Å². The third-order valence-corrected chi connectivity index (χ3v) is 5.88. The second kappa shape index (κ2) is 9.26. The van der Waals surface area contributed by atoms with Gasteiger partial charge < -0.3 is 9.64 Å². The van der Waals surface area contributed by atoms with Crippen LogP contribution in [0.4, 0.5) is 9.52 Å². The van der Waals surface area contributed by atoms with Crippen LogP contribution in [0.25, 0.3) is 0 Å². The van der Waals surface area contributed by atoms with E-state index in [1.54, 1.807) is 11.4 Å². The highest BCUT2D eigenvalue weighted by Gasteiger charge is 2.22. The van der Waals surface area contributed by atoms with Crippen LogP contribution in [-0.4, -0.2) is 34.8 Å². The van der Waals surface area contributed by atoms with E-state index in [0.29, 0.717) is 30.5 Å². The number of rotatable bonds is 6. The Morgan fingerprint density at radius 2 is 2.06 bits per heavy atom. The number of nitrogens with zero attached hydrogens (tertiary/aromatic N) is 2. The number of ether oxygens (including phenoxy) is 1. The highest BCUT2D eigenvalue weighted by atomic mass is 32.1. The summed E-state index contributed by atoms with van der Waals surface area (Å²) in [5.41, 5.74) is 2.86. The average Bonchev–Trinajstić information content (AvgIpc) is 3.20. The Kier molecular flexibility index (Phi) is 6.27. The highest BCUT2D eigenvalue weighted by molar-refractivity contribution is 7.14. The lowest BCUT2D eigenvalue weighted by Crippen LogP contribution is -2.37. The summed E-state index contributed by atoms with van der Waals surface area (Å²) in [4.78, 5) is 31.2. The Morgan fingerprint density at radius 3 is 2.87 bits per heavy atom. The van der Waals surface area contributed by atoms with Gasteiger partial charge >= 0.3 is 0 Å². The Morgan fingerprint density at radius 1 is 1.23 bits per heavy atom. The van der Waals surface area contributed by atoms with Gasteiger partial charge in [0.05, 0.1) is 24.3 Å². The number of thiazole rings is 1. The van der Waals surface area contributed by atoms with Crippen LogP contribution in [-0.2, 0) is 24.2 Å². The first-order chi connectivity index (χ1) is 15.0. The average molecular weight is 440 g/mol. The van der Waals surface area contributed by atoms with Gasteiger partial charge in [0.25, 0.3) is 5.91 Å². The van der Waals surface area contributed by atoms with E-state index in [0.717, 1.165) is 17.7 Å². The highest BCUT2D eigenvalue weighted by Crippen LogP contribution is 2.25. The van der Waals surface area contributed by atoms with Crippen molar-refractivity contribution in [2.45, 2.75) is 26.3 Å². The molecule has 0 saturated heterocycles. The fourth-order valence-electron chi connectivity index (χ4n) is 3.52. The third kappa shape index (κ3) is 4.91. The molecule has 2 aromatic carbocycles. The molecule has 0 fully saturated rings. The number of hydrogen-bond acceptors (Lipinski definition) is 5. The minimum absolute atomic E-state index is 0.0234. The van der Waals surface area contributed by atoms with Crippen molar-refractivity contribution >= 4 is 28.3 Å². The van der Waals surface area contributed by atoms with Gasteiger partial charge in [-0.25, -0.2) is 9.37 Å². The van der Waals surface area contributed by atoms with E-state index >= 15 is 0 Å². The predicted molar refractivity (Wildman–Crippen MR) is 117 cm³/mol. The van der Waals surface area contributed by atoms with Crippen LogP contribution in [0, 0.1) is 5.82 Å². The maximum absolute atomic E-state index is 13.8. The summed E-state index contributed by atoms with van der Waals surface area (Å²) >= 11 is 1.21. The van der Waals surface area contributed by atoms with Gasteiger partial charge in [0.2, 0.25) is 5.91 Å². The standard InChI is InChI=1S/C23H22FN3O3S/c1-2-30-18-8-7-15-9-10-27(13-16(15)11-18)21(28)12-17-14-31-23(25-17)26-22(29)19-5-3-4-6-20(19)24/h3-8,11,14H,2,9-10,12-13H2,1H3,(H,25,26,29). The molecule has 1 aliphatic heterocycles. The predicted octanol–water partition coefficient (Wildman–Crippen LogP) is 4.06. The van der Waals surface area contributed by atoms with E-state index in [1.165, 1.54) is 35.1 Å². The van der Waals surface area contributed by atoms with E-state index in [-0.39, 0.29) is 17.9 Å². The van der Waals surface area contributed by atoms with E-state index < -0.39 is 11.7 Å². The largest absolute Gasteiger partial charge is 0.494 e. The van der Waals surface area contributed by atoms with Crippen molar-refractivity contribution in [1.29, 1.82) is 0 Å². The zero-order valence-corrected chi connectivity index (χ0v) is 17.9. The van der Waals surface area contributed by atoms with Crippen LogP contribution >= 0.6 is 11.3 Å². The molecular weight excluding hydrogens is 417 g/mol. The molecule has 0 unspecified atom stereocenters. The molecular formula is C23H22FN3O3S. The quantitative estimate of drug-likeness (QED) is 0.629. The Balaban J connectivity index is 1.37. The third-order valence-electron chi connectivity index (χ3n) is 5.08. The molecule has 0 aliphatic carbocycles. The lowest BCUT2D eigenvalue weighted by atomic mass is 9.99. The van der Waals surface area contributed by atoms with Crippen LogP contribution in [0.15, 0.2) is 47.8 Å². The maximum atomic E-state index is 13.8. The number of aromatic nitrogens is 1. The lowest BCUT2D eigenvalue weighted by molar-refractivity contribution is -0.131. The molecule has 0 spiro atoms. The van der Waals surface area contributed by atoms with Gasteiger partial charge in [-0.1, -0.05) is 18.2 Å². The number of hydrogen-bond donors (Lipinski definition) is 1. The second-order valence-electron chi connectivity index (χ2n) is 7.18. The normalized spacial score (nSPS) is 12.9. The number of carbonyl (C=O) groups is 2. The van der Waals surface area contributed by atoms with E-state index in [2.05, 4.69) is 16.4 Å². The molecule has 0 bridgehead atoms. The van der Waals surface area contributed by atoms with Crippen LogP contribution in [0.2, 0.25) is 0 Å². The number of carbonyl (C=O) groups excluding carboxylic acids is 2. The summed E-state index contributed by atoms with van der Waals surface area (Å²) in [7, 11) is 0. The van der Waals surface area contributed by atoms with Crippen molar-refractivity contribution < 1.29 is 18.7 Å². The van der Waals surface area contributed by atoms with Gasteiger partial charge in [0.1, 0.15) is 11.6 Å². The first-order valence-electron chi connectivity index (χ1n) is 10.1. The molecule has 3 aromatic rings. The Hall–Kier alpha value is -3.26. The molecule has 2 heterocycles. The molecule has 1 N–H and O–H groups in total. The fraction of sp³-hybridized carbons (Fsp3) is 0.261. The van der Waals surface area contributed by atoms with E-state index in [1.807, 2.05) is 24.0 Å². The number of halogens is 1. The summed E-state index contributed by atoms with van der Waals surface area (Å²) < 4.78 is 19.3. The van der Waals surface area contributed by atoms with Crippen LogP contribution < -0.4 is 10.1 Å². The number of nitrogens with one attached hydrogen (secondary N) is 1. The molecule has 8 heteroatoms. The molecule has 0 radical (unpaired) electrons. The summed E-state index contributed by atoms with van der Waals surface area (Å²) in [5.74, 6) is -0.372. The van der Waals surface area contributed by atoms with Crippen LogP contribution in [0.5, 0.6) is 5.75 Å². The number of anilines is 1. The summed E-state index contributed by atoms with van der Waals surface area (Å²) in [6.07, 6.45) is 0.945. The van der Waals surface area contributed by atoms with Crippen molar-refractivity contribution in [3.05, 3.63) is 76.0 Å². The molecule has 0 atom stereocenters. The molecule has 6 nitrogen and oxygen atoms in total. The molecule has 160 valence electrons. The Labute approximate surface area is 183 Å². The number of amides is 2. The molecule has 1 aromatic heterocycles. The van der Waals surface area contributed by atoms with Gasteiger partial charge in [-0.3, -0.25) is 14.9 Å². The van der Waals surface area contributed by atoms with Crippen molar-refractivity contribution in [2.24, 2.45) is 0 Å². The number of benzene rings is 2. The van der Waals surface area contributed by atoms with E-state index in [4.69, 9.17) is 4.74 Å². The second-order valence-corrected chi connectivity index (χ2v) is 8.04. The smallest absolute Gasteiger partial charge is 0.260 e. The van der Waals surface area contributed by atoms with Gasteiger partial charge in [-0.2, -0.15) is 0 Å². The lowest BCUT2D eigenvalue weighted by Gasteiger charge is -2.29. The van der Waals surface area contributed by atoms with Gasteiger partial charge in [0, 0.05) is 18.5 Å². The SMILES string of the molecule is CCOc1ccc2c(c1)CN(C(=O)Cc1csc(NC(=O)c3ccccc3F)n1)CC2. The topological polar surface area (TPSA) is 71.5 Å². The molecule has 31 heavy (non-hydrogen) atoms. The van der Waals surface area contributed by atoms with Crippen molar-refractivity contribution in [3.63, 3.8) is 0 Å². The van der Waals surface area contributed by atoms with Gasteiger partial charge in [0.15, 0.2) is 5.13 Å². The Bertz CT molecular complexity index is 1110. The molecule has 4 rings (SSSR count). The maximum Gasteiger partial charge on any atom is 0.260 e. The zero-order chi connectivity index (χ0) is 21.8. The van der Waals surface area contributed by atoms with Gasteiger partial charge in [-0.15, -0.1) is 11.3 Å². The van der Waals surface area contributed by atoms with Gasteiger partial charge in [-0.05, 0) is 48.7 Å². The first-order valence-corrected chi connectivity index (χ1v) is 10.9. The van der Waals surface area contributed by atoms with E-state index in [9.17, 15) is 14.0 Å². The summed E-state index contributed by atoms with van der Waals surface area (Å²) in [5, 5.41) is 4.66. The van der Waals surface area contributed by atoms with Crippen molar-refractivity contribution in [2.75, 3.05) is 18.5 Å². The summed E-state index contributed by atoms with van der Waals surface area (Å²) in [6, 6.07) is 11.8. The van der Waals surface area contributed by atoms with Crippen LogP contribution in [0.3, 0.4) is 0 Å². The minimum Gasteiger partial charge on any atom is -0.494 e.